The molecule has 1 aliphatic carbocycles. The summed E-state index contributed by atoms with van der Waals surface area (Å²) in [5.41, 5.74) is 3.76. The Hall–Kier alpha value is -4.00. The molecule has 0 saturated heterocycles. The van der Waals surface area contributed by atoms with Crippen LogP contribution in [0.1, 0.15) is 48.5 Å². The van der Waals surface area contributed by atoms with Crippen molar-refractivity contribution in [1.29, 1.82) is 0 Å². The first-order valence-corrected chi connectivity index (χ1v) is 12.2. The Balaban J connectivity index is 1.47. The van der Waals surface area contributed by atoms with Crippen LogP contribution < -0.4 is 10.6 Å². The molecule has 1 unspecified atom stereocenters. The van der Waals surface area contributed by atoms with Gasteiger partial charge in [0.25, 0.3) is 5.91 Å². The highest BCUT2D eigenvalue weighted by Gasteiger charge is 2.24. The Labute approximate surface area is 204 Å². The number of hydrogen-bond donors (Lipinski definition) is 2. The topological polar surface area (TPSA) is 88.9 Å². The zero-order valence-electron chi connectivity index (χ0n) is 19.8. The first-order valence-electron chi connectivity index (χ1n) is 12.2. The largest absolute Gasteiger partial charge is 0.352 e. The van der Waals surface area contributed by atoms with Gasteiger partial charge in [-0.2, -0.15) is 5.10 Å². The van der Waals surface area contributed by atoms with Crippen LogP contribution in [-0.2, 0) is 11.3 Å². The van der Waals surface area contributed by atoms with E-state index in [-0.39, 0.29) is 17.9 Å². The van der Waals surface area contributed by atoms with Gasteiger partial charge < -0.3 is 10.6 Å². The third-order valence-electron chi connectivity index (χ3n) is 6.54. The Kier molecular flexibility index (Phi) is 6.57. The van der Waals surface area contributed by atoms with Crippen LogP contribution in [0.5, 0.6) is 0 Å². The quantitative estimate of drug-likeness (QED) is 0.424. The van der Waals surface area contributed by atoms with Crippen molar-refractivity contribution in [3.8, 4) is 11.3 Å². The number of pyridine rings is 1. The van der Waals surface area contributed by atoms with Gasteiger partial charge in [-0.15, -0.1) is 0 Å². The number of nitrogens with one attached hydrogen (secondary N) is 2. The Morgan fingerprint density at radius 1 is 1.03 bits per heavy atom. The fourth-order valence-electron chi connectivity index (χ4n) is 4.60. The third kappa shape index (κ3) is 5.09. The Morgan fingerprint density at radius 2 is 1.71 bits per heavy atom. The van der Waals surface area contributed by atoms with Crippen molar-refractivity contribution in [2.24, 2.45) is 0 Å². The Morgan fingerprint density at radius 3 is 2.43 bits per heavy atom. The van der Waals surface area contributed by atoms with Crippen LogP contribution in [-0.4, -0.2) is 38.7 Å². The van der Waals surface area contributed by atoms with Crippen LogP contribution in [0.3, 0.4) is 0 Å². The second-order valence-corrected chi connectivity index (χ2v) is 9.13. The van der Waals surface area contributed by atoms with Crippen LogP contribution in [0.4, 0.5) is 0 Å². The highest BCUT2D eigenvalue weighted by atomic mass is 16.2. The maximum atomic E-state index is 13.4. The highest BCUT2D eigenvalue weighted by molar-refractivity contribution is 6.07. The van der Waals surface area contributed by atoms with Gasteiger partial charge in [-0.25, -0.2) is 9.67 Å². The fourth-order valence-corrected chi connectivity index (χ4v) is 4.60. The zero-order chi connectivity index (χ0) is 24.2. The molecule has 7 heteroatoms. The van der Waals surface area contributed by atoms with Gasteiger partial charge in [-0.1, -0.05) is 73.5 Å². The lowest BCUT2D eigenvalue weighted by Crippen LogP contribution is -2.47. The summed E-state index contributed by atoms with van der Waals surface area (Å²) in [5.74, 6) is -0.471. The average Bonchev–Trinajstić information content (AvgIpc) is 3.54. The van der Waals surface area contributed by atoms with Crippen LogP contribution in [0.2, 0.25) is 0 Å². The number of rotatable bonds is 7. The van der Waals surface area contributed by atoms with Crippen molar-refractivity contribution in [2.45, 2.75) is 51.2 Å². The number of aromatic nitrogens is 3. The van der Waals surface area contributed by atoms with E-state index in [0.717, 1.165) is 36.8 Å². The molecule has 2 heterocycles. The molecule has 2 N–H and O–H groups in total. The van der Waals surface area contributed by atoms with Crippen molar-refractivity contribution in [3.05, 3.63) is 84.1 Å². The average molecular weight is 468 g/mol. The highest BCUT2D eigenvalue weighted by Crippen LogP contribution is 2.25. The molecule has 5 rings (SSSR count). The monoisotopic (exact) mass is 467 g/mol. The van der Waals surface area contributed by atoms with Gasteiger partial charge in [-0.05, 0) is 31.4 Å². The molecule has 1 saturated carbocycles. The smallest absolute Gasteiger partial charge is 0.252 e. The standard InChI is InChI=1S/C28H29N5O2/c1-19(27(34)31-22-14-8-9-15-22)30-28(35)23-16-25(21-12-6-3-7-13-21)32-26-24(23)17-29-33(26)18-20-10-4-2-5-11-20/h2-7,10-13,16-17,19,22H,8-9,14-15,18H2,1H3,(H,30,35)(H,31,34). The molecule has 2 amide bonds. The predicted octanol–water partition coefficient (Wildman–Crippen LogP) is 4.32. The van der Waals surface area contributed by atoms with Crippen molar-refractivity contribution in [1.82, 2.24) is 25.4 Å². The summed E-state index contributed by atoms with van der Waals surface area (Å²) in [5, 5.41) is 11.1. The number of carbonyl (C=O) groups excluding carboxylic acids is 2. The molecular formula is C28H29N5O2. The van der Waals surface area contributed by atoms with E-state index in [1.165, 1.54) is 0 Å². The van der Waals surface area contributed by atoms with Crippen LogP contribution >= 0.6 is 0 Å². The number of hydrogen-bond acceptors (Lipinski definition) is 4. The van der Waals surface area contributed by atoms with Crippen LogP contribution in [0.15, 0.2) is 72.9 Å². The van der Waals surface area contributed by atoms with Crippen molar-refractivity contribution in [3.63, 3.8) is 0 Å². The maximum Gasteiger partial charge on any atom is 0.252 e. The lowest BCUT2D eigenvalue weighted by molar-refractivity contribution is -0.123. The van der Waals surface area contributed by atoms with Gasteiger partial charge in [0.2, 0.25) is 5.91 Å². The number of nitrogens with zero attached hydrogens (tertiary/aromatic N) is 3. The summed E-state index contributed by atoms with van der Waals surface area (Å²) in [4.78, 5) is 30.9. The molecule has 35 heavy (non-hydrogen) atoms. The second kappa shape index (κ2) is 10.1. The van der Waals surface area contributed by atoms with E-state index < -0.39 is 6.04 Å². The summed E-state index contributed by atoms with van der Waals surface area (Å²) in [7, 11) is 0. The minimum atomic E-state index is -0.647. The molecule has 0 bridgehead atoms. The van der Waals surface area contributed by atoms with Crippen molar-refractivity contribution >= 4 is 22.8 Å². The van der Waals surface area contributed by atoms with Crippen molar-refractivity contribution < 1.29 is 9.59 Å². The summed E-state index contributed by atoms with van der Waals surface area (Å²) < 4.78 is 1.81. The fraction of sp³-hybridized carbons (Fsp3) is 0.286. The van der Waals surface area contributed by atoms with Crippen molar-refractivity contribution in [2.75, 3.05) is 0 Å². The maximum absolute atomic E-state index is 13.4. The van der Waals surface area contributed by atoms with E-state index in [2.05, 4.69) is 15.7 Å². The number of carbonyl (C=O) groups is 2. The van der Waals surface area contributed by atoms with Gasteiger partial charge in [0.05, 0.1) is 29.4 Å². The lowest BCUT2D eigenvalue weighted by Gasteiger charge is -2.18. The van der Waals surface area contributed by atoms with E-state index in [1.807, 2.05) is 65.3 Å². The number of amides is 2. The zero-order valence-corrected chi connectivity index (χ0v) is 19.8. The van der Waals surface area contributed by atoms with Crippen LogP contribution in [0.25, 0.3) is 22.3 Å². The molecule has 1 atom stereocenters. The minimum absolute atomic E-state index is 0.154. The molecule has 1 aliphatic rings. The Bertz CT molecular complexity index is 1330. The van der Waals surface area contributed by atoms with E-state index in [0.29, 0.717) is 28.8 Å². The van der Waals surface area contributed by atoms with E-state index in [1.54, 1.807) is 19.2 Å². The van der Waals surface area contributed by atoms with Crippen LogP contribution in [0, 0.1) is 0 Å². The second-order valence-electron chi connectivity index (χ2n) is 9.13. The summed E-state index contributed by atoms with van der Waals surface area (Å²) in [6.07, 6.45) is 5.95. The van der Waals surface area contributed by atoms with E-state index in [4.69, 9.17) is 4.98 Å². The molecule has 0 spiro atoms. The molecule has 1 fully saturated rings. The first-order chi connectivity index (χ1) is 17.1. The molecule has 2 aromatic carbocycles. The number of benzene rings is 2. The molecule has 4 aromatic rings. The lowest BCUT2D eigenvalue weighted by atomic mass is 10.1. The van der Waals surface area contributed by atoms with Gasteiger partial charge in [-0.3, -0.25) is 9.59 Å². The molecule has 2 aromatic heterocycles. The molecular weight excluding hydrogens is 438 g/mol. The summed E-state index contributed by atoms with van der Waals surface area (Å²) in [6, 6.07) is 21.1. The first kappa shape index (κ1) is 22.8. The van der Waals surface area contributed by atoms with E-state index in [9.17, 15) is 9.59 Å². The molecule has 0 radical (unpaired) electrons. The minimum Gasteiger partial charge on any atom is -0.352 e. The third-order valence-corrected chi connectivity index (χ3v) is 6.54. The summed E-state index contributed by atoms with van der Waals surface area (Å²) >= 11 is 0. The molecule has 0 aliphatic heterocycles. The number of fused-ring (bicyclic) bond motifs is 1. The van der Waals surface area contributed by atoms with Gasteiger partial charge in [0, 0.05) is 11.6 Å². The predicted molar refractivity (Wildman–Crippen MR) is 136 cm³/mol. The SMILES string of the molecule is CC(NC(=O)c1cc(-c2ccccc2)nc2c1cnn2Cc1ccccc1)C(=O)NC1CCCC1. The molecule has 7 nitrogen and oxygen atoms in total. The van der Waals surface area contributed by atoms with E-state index >= 15 is 0 Å². The van der Waals surface area contributed by atoms with Gasteiger partial charge >= 0.3 is 0 Å². The van der Waals surface area contributed by atoms with Gasteiger partial charge in [0.15, 0.2) is 5.65 Å². The van der Waals surface area contributed by atoms with Gasteiger partial charge in [0.1, 0.15) is 6.04 Å². The molecule has 178 valence electrons. The summed E-state index contributed by atoms with van der Waals surface area (Å²) in [6.45, 7) is 2.26. The normalized spacial score (nSPS) is 14.7.